The summed E-state index contributed by atoms with van der Waals surface area (Å²) in [4.78, 5) is 27.2. The molecule has 0 radical (unpaired) electrons. The largest absolute Gasteiger partial charge is 0.354 e. The van der Waals surface area contributed by atoms with Crippen molar-refractivity contribution in [3.63, 3.8) is 0 Å². The van der Waals surface area contributed by atoms with Gasteiger partial charge in [0.25, 0.3) is 0 Å². The van der Waals surface area contributed by atoms with Gasteiger partial charge in [-0.1, -0.05) is 6.92 Å². The summed E-state index contributed by atoms with van der Waals surface area (Å²) in [6.45, 7) is 10.1. The molecule has 0 saturated carbocycles. The Labute approximate surface area is 160 Å². The van der Waals surface area contributed by atoms with Gasteiger partial charge in [0.15, 0.2) is 0 Å². The van der Waals surface area contributed by atoms with Crippen LogP contribution in [0, 0.1) is 0 Å². The van der Waals surface area contributed by atoms with Crippen LogP contribution >= 0.6 is 0 Å². The van der Waals surface area contributed by atoms with E-state index in [0.717, 1.165) is 81.9 Å². The zero-order valence-corrected chi connectivity index (χ0v) is 16.3. The van der Waals surface area contributed by atoms with Crippen LogP contribution in [0.5, 0.6) is 0 Å². The maximum absolute atomic E-state index is 4.53. The number of aromatic nitrogens is 4. The molecule has 8 nitrogen and oxygen atoms in total. The highest BCUT2D eigenvalue weighted by Crippen LogP contribution is 2.21. The molecule has 2 aromatic heterocycles. The van der Waals surface area contributed by atoms with E-state index in [2.05, 4.69) is 65.6 Å². The highest BCUT2D eigenvalue weighted by atomic mass is 15.3. The van der Waals surface area contributed by atoms with Crippen LogP contribution in [0.25, 0.3) is 0 Å². The van der Waals surface area contributed by atoms with Crippen LogP contribution in [-0.2, 0) is 6.42 Å². The fraction of sp³-hybridized carbons (Fsp3) is 0.579. The number of rotatable bonds is 4. The first-order valence-electron chi connectivity index (χ1n) is 9.79. The Kier molecular flexibility index (Phi) is 5.33. The van der Waals surface area contributed by atoms with E-state index in [4.69, 9.17) is 0 Å². The lowest BCUT2D eigenvalue weighted by molar-refractivity contribution is 0.312. The number of hydrogen-bond donors (Lipinski definition) is 0. The molecule has 4 rings (SSSR count). The summed E-state index contributed by atoms with van der Waals surface area (Å²) in [7, 11) is 2.17. The quantitative estimate of drug-likeness (QED) is 0.789. The molecular formula is C19H28N8. The van der Waals surface area contributed by atoms with Crippen molar-refractivity contribution in [1.82, 2.24) is 24.8 Å². The molecule has 2 saturated heterocycles. The lowest BCUT2D eigenvalue weighted by Gasteiger charge is -2.37. The van der Waals surface area contributed by atoms with E-state index in [-0.39, 0.29) is 0 Å². The molecule has 27 heavy (non-hydrogen) atoms. The predicted octanol–water partition coefficient (Wildman–Crippen LogP) is 0.907. The molecule has 2 fully saturated rings. The predicted molar refractivity (Wildman–Crippen MR) is 108 cm³/mol. The van der Waals surface area contributed by atoms with Crippen LogP contribution in [-0.4, -0.2) is 84.2 Å². The average molecular weight is 368 g/mol. The van der Waals surface area contributed by atoms with Crippen molar-refractivity contribution in [1.29, 1.82) is 0 Å². The monoisotopic (exact) mass is 368 g/mol. The van der Waals surface area contributed by atoms with Gasteiger partial charge in [0, 0.05) is 70.2 Å². The van der Waals surface area contributed by atoms with E-state index in [9.17, 15) is 0 Å². The average Bonchev–Trinajstić information content (AvgIpc) is 2.74. The summed E-state index contributed by atoms with van der Waals surface area (Å²) in [5.74, 6) is 3.09. The molecule has 0 aromatic carbocycles. The van der Waals surface area contributed by atoms with E-state index < -0.39 is 0 Å². The molecule has 0 amide bonds. The Balaban J connectivity index is 1.40. The number of anilines is 3. The van der Waals surface area contributed by atoms with Crippen LogP contribution in [0.1, 0.15) is 12.6 Å². The topological polar surface area (TPSA) is 64.5 Å². The fourth-order valence-electron chi connectivity index (χ4n) is 3.64. The fourth-order valence-corrected chi connectivity index (χ4v) is 3.64. The molecule has 144 valence electrons. The van der Waals surface area contributed by atoms with Gasteiger partial charge in [-0.15, -0.1) is 0 Å². The molecule has 0 unspecified atom stereocenters. The molecule has 2 aromatic rings. The number of nitrogens with zero attached hydrogens (tertiary/aromatic N) is 8. The van der Waals surface area contributed by atoms with Crippen molar-refractivity contribution in [2.75, 3.05) is 74.1 Å². The van der Waals surface area contributed by atoms with E-state index in [1.807, 2.05) is 0 Å². The minimum atomic E-state index is 0.935. The van der Waals surface area contributed by atoms with E-state index in [1.54, 1.807) is 12.7 Å². The molecule has 4 heterocycles. The zero-order valence-electron chi connectivity index (χ0n) is 16.3. The Hall–Kier alpha value is -2.48. The molecule has 8 heteroatoms. The van der Waals surface area contributed by atoms with Crippen molar-refractivity contribution < 1.29 is 0 Å². The smallest absolute Gasteiger partial charge is 0.134 e. The van der Waals surface area contributed by atoms with Gasteiger partial charge in [0.2, 0.25) is 0 Å². The molecule has 2 aliphatic heterocycles. The van der Waals surface area contributed by atoms with Crippen LogP contribution in [0.4, 0.5) is 17.5 Å². The summed E-state index contributed by atoms with van der Waals surface area (Å²) >= 11 is 0. The Bertz CT molecular complexity index is 751. The van der Waals surface area contributed by atoms with E-state index in [0.29, 0.717) is 0 Å². The third kappa shape index (κ3) is 4.10. The van der Waals surface area contributed by atoms with Crippen molar-refractivity contribution >= 4 is 17.5 Å². The maximum atomic E-state index is 4.53. The van der Waals surface area contributed by atoms with Crippen molar-refractivity contribution in [2.45, 2.75) is 13.3 Å². The Morgan fingerprint density at radius 3 is 1.63 bits per heavy atom. The van der Waals surface area contributed by atoms with Crippen LogP contribution < -0.4 is 14.7 Å². The molecule has 0 bridgehead atoms. The van der Waals surface area contributed by atoms with E-state index in [1.165, 1.54) is 0 Å². The van der Waals surface area contributed by atoms with Crippen molar-refractivity contribution in [3.05, 3.63) is 30.5 Å². The highest BCUT2D eigenvalue weighted by molar-refractivity contribution is 5.52. The second kappa shape index (κ2) is 8.04. The maximum Gasteiger partial charge on any atom is 0.134 e. The minimum Gasteiger partial charge on any atom is -0.354 e. The van der Waals surface area contributed by atoms with Gasteiger partial charge in [-0.2, -0.15) is 0 Å². The summed E-state index contributed by atoms with van der Waals surface area (Å²) in [5, 5.41) is 0. The lowest BCUT2D eigenvalue weighted by atomic mass is 10.2. The van der Waals surface area contributed by atoms with Crippen LogP contribution in [0.3, 0.4) is 0 Å². The normalized spacial score (nSPS) is 18.8. The number of piperazine rings is 2. The summed E-state index contributed by atoms with van der Waals surface area (Å²) in [6.07, 6.45) is 4.31. The first-order valence-corrected chi connectivity index (χ1v) is 9.79. The second-order valence-corrected chi connectivity index (χ2v) is 7.22. The SMILES string of the molecule is CCc1cc(N2CCN(c3cc(N4CCN(C)CC4)ncn3)CC2)ncn1. The minimum absolute atomic E-state index is 0.935. The summed E-state index contributed by atoms with van der Waals surface area (Å²) in [5.41, 5.74) is 1.09. The zero-order chi connectivity index (χ0) is 18.6. The number of aryl methyl sites for hydroxylation is 1. The first kappa shape index (κ1) is 17.9. The number of hydrogen-bond acceptors (Lipinski definition) is 8. The van der Waals surface area contributed by atoms with Gasteiger partial charge in [-0.3, -0.25) is 0 Å². The van der Waals surface area contributed by atoms with Gasteiger partial charge in [-0.25, -0.2) is 19.9 Å². The highest BCUT2D eigenvalue weighted by Gasteiger charge is 2.21. The molecule has 0 aliphatic carbocycles. The third-order valence-electron chi connectivity index (χ3n) is 5.46. The molecule has 0 spiro atoms. The van der Waals surface area contributed by atoms with Crippen molar-refractivity contribution in [3.8, 4) is 0 Å². The van der Waals surface area contributed by atoms with Crippen molar-refractivity contribution in [2.24, 2.45) is 0 Å². The van der Waals surface area contributed by atoms with Gasteiger partial charge in [0.1, 0.15) is 30.1 Å². The third-order valence-corrected chi connectivity index (χ3v) is 5.46. The second-order valence-electron chi connectivity index (χ2n) is 7.22. The Morgan fingerprint density at radius 1 is 0.667 bits per heavy atom. The number of likely N-dealkylation sites (N-methyl/N-ethyl adjacent to an activating group) is 1. The van der Waals surface area contributed by atoms with Crippen LogP contribution in [0.15, 0.2) is 24.8 Å². The molecule has 0 N–H and O–H groups in total. The summed E-state index contributed by atoms with van der Waals surface area (Å²) < 4.78 is 0. The van der Waals surface area contributed by atoms with Gasteiger partial charge in [-0.05, 0) is 13.5 Å². The van der Waals surface area contributed by atoms with Gasteiger partial charge in [0.05, 0.1) is 0 Å². The molecule has 2 aliphatic rings. The first-order chi connectivity index (χ1) is 13.2. The van der Waals surface area contributed by atoms with Crippen LogP contribution in [0.2, 0.25) is 0 Å². The van der Waals surface area contributed by atoms with E-state index >= 15 is 0 Å². The Morgan fingerprint density at radius 2 is 1.11 bits per heavy atom. The molecular weight excluding hydrogens is 340 g/mol. The summed E-state index contributed by atoms with van der Waals surface area (Å²) in [6, 6.07) is 4.24. The molecule has 0 atom stereocenters. The van der Waals surface area contributed by atoms with Gasteiger partial charge >= 0.3 is 0 Å². The lowest BCUT2D eigenvalue weighted by Crippen LogP contribution is -2.47. The standard InChI is InChI=1S/C19H28N8/c1-3-16-12-17(21-14-20-16)26-8-10-27(11-9-26)19-13-18(22-15-23-19)25-6-4-24(2)5-7-25/h12-15H,3-11H2,1-2H3. The van der Waals surface area contributed by atoms with Gasteiger partial charge < -0.3 is 19.6 Å².